The number of hydrogen-bond donors (Lipinski definition) is 1. The van der Waals surface area contributed by atoms with Gasteiger partial charge in [0, 0.05) is 28.2 Å². The number of carbonyl (C=O) groups is 1. The molecule has 5 heteroatoms. The van der Waals surface area contributed by atoms with E-state index >= 15 is 0 Å². The highest BCUT2D eigenvalue weighted by Crippen LogP contribution is 2.15. The maximum absolute atomic E-state index is 12.2. The molecule has 0 saturated carbocycles. The van der Waals surface area contributed by atoms with Gasteiger partial charge in [0.15, 0.2) is 6.10 Å². The van der Waals surface area contributed by atoms with E-state index in [1.807, 2.05) is 77.6 Å². The highest BCUT2D eigenvalue weighted by atomic mass is 127. The van der Waals surface area contributed by atoms with Crippen LogP contribution in [-0.2, 0) is 11.3 Å². The second-order valence-electron chi connectivity index (χ2n) is 5.69. The lowest BCUT2D eigenvalue weighted by Gasteiger charge is -2.15. The summed E-state index contributed by atoms with van der Waals surface area (Å²) in [5.74, 6) is 0.562. The monoisotopic (exact) mass is 446 g/mol. The van der Waals surface area contributed by atoms with Crippen LogP contribution < -0.4 is 10.1 Å². The van der Waals surface area contributed by atoms with E-state index in [2.05, 4.69) is 27.9 Å². The highest BCUT2D eigenvalue weighted by Gasteiger charge is 2.14. The van der Waals surface area contributed by atoms with Crippen LogP contribution in [0.1, 0.15) is 12.5 Å². The molecule has 1 heterocycles. The third-order valence-electron chi connectivity index (χ3n) is 3.80. The molecule has 3 rings (SSSR count). The zero-order valence-corrected chi connectivity index (χ0v) is 16.0. The van der Waals surface area contributed by atoms with Crippen molar-refractivity contribution in [2.24, 2.45) is 0 Å². The van der Waals surface area contributed by atoms with E-state index in [1.54, 1.807) is 6.92 Å². The number of aromatic nitrogens is 1. The molecule has 0 bridgehead atoms. The molecule has 0 radical (unpaired) electrons. The Morgan fingerprint density at radius 3 is 2.36 bits per heavy atom. The number of nitrogens with zero attached hydrogens (tertiary/aromatic N) is 1. The van der Waals surface area contributed by atoms with E-state index < -0.39 is 6.10 Å². The fraction of sp³-hybridized carbons (Fsp3) is 0.150. The van der Waals surface area contributed by atoms with Crippen LogP contribution in [-0.4, -0.2) is 16.6 Å². The second kappa shape index (κ2) is 8.20. The maximum Gasteiger partial charge on any atom is 0.261 e. The molecule has 0 aliphatic carbocycles. The van der Waals surface area contributed by atoms with Gasteiger partial charge in [-0.15, -0.1) is 0 Å². The zero-order valence-electron chi connectivity index (χ0n) is 13.9. The minimum Gasteiger partial charge on any atom is -0.481 e. The van der Waals surface area contributed by atoms with Gasteiger partial charge in [0.2, 0.25) is 0 Å². The average molecular weight is 446 g/mol. The fourth-order valence-corrected chi connectivity index (χ4v) is 2.76. The molecular weight excluding hydrogens is 427 g/mol. The first-order chi connectivity index (χ1) is 12.1. The van der Waals surface area contributed by atoms with Crippen molar-refractivity contribution in [2.45, 2.75) is 19.6 Å². The van der Waals surface area contributed by atoms with Crippen molar-refractivity contribution in [3.8, 4) is 11.4 Å². The Morgan fingerprint density at radius 2 is 1.72 bits per heavy atom. The van der Waals surface area contributed by atoms with E-state index in [1.165, 1.54) is 0 Å². The molecule has 0 aliphatic rings. The smallest absolute Gasteiger partial charge is 0.261 e. The maximum atomic E-state index is 12.2. The Morgan fingerprint density at radius 1 is 1.08 bits per heavy atom. The molecule has 0 unspecified atom stereocenters. The van der Waals surface area contributed by atoms with Crippen molar-refractivity contribution in [2.75, 3.05) is 0 Å². The number of amides is 1. The van der Waals surface area contributed by atoms with Crippen LogP contribution in [0.2, 0.25) is 0 Å². The standard InChI is InChI=1S/C20H19IN2O2/c1-15(25-19-10-6-17(21)7-11-19)20(24)22-14-16-4-8-18(9-5-16)23-12-2-3-13-23/h2-13,15H,14H2,1H3,(H,22,24)/t15-/m0/s1. The summed E-state index contributed by atoms with van der Waals surface area (Å²) in [7, 11) is 0. The van der Waals surface area contributed by atoms with Gasteiger partial charge in [0.05, 0.1) is 0 Å². The molecular formula is C20H19IN2O2. The lowest BCUT2D eigenvalue weighted by Crippen LogP contribution is -2.35. The van der Waals surface area contributed by atoms with Gasteiger partial charge in [0.25, 0.3) is 5.91 Å². The van der Waals surface area contributed by atoms with Gasteiger partial charge in [-0.25, -0.2) is 0 Å². The lowest BCUT2D eigenvalue weighted by molar-refractivity contribution is -0.127. The number of hydrogen-bond acceptors (Lipinski definition) is 2. The summed E-state index contributed by atoms with van der Waals surface area (Å²) in [6.45, 7) is 2.23. The van der Waals surface area contributed by atoms with E-state index in [0.29, 0.717) is 12.3 Å². The summed E-state index contributed by atoms with van der Waals surface area (Å²) in [5, 5.41) is 2.91. The molecule has 0 saturated heterocycles. The third kappa shape index (κ3) is 4.85. The van der Waals surface area contributed by atoms with E-state index in [4.69, 9.17) is 4.74 Å². The van der Waals surface area contributed by atoms with Crippen molar-refractivity contribution in [3.05, 3.63) is 82.2 Å². The van der Waals surface area contributed by atoms with Crippen LogP contribution in [0.5, 0.6) is 5.75 Å². The molecule has 2 aromatic carbocycles. The van der Waals surface area contributed by atoms with Crippen LogP contribution >= 0.6 is 22.6 Å². The van der Waals surface area contributed by atoms with Crippen molar-refractivity contribution in [1.82, 2.24) is 9.88 Å². The number of carbonyl (C=O) groups excluding carboxylic acids is 1. The minimum absolute atomic E-state index is 0.131. The molecule has 1 N–H and O–H groups in total. The molecule has 1 aromatic heterocycles. The van der Waals surface area contributed by atoms with Crippen LogP contribution in [0.3, 0.4) is 0 Å². The zero-order chi connectivity index (χ0) is 17.6. The average Bonchev–Trinajstić information content (AvgIpc) is 3.16. The molecule has 1 amide bonds. The van der Waals surface area contributed by atoms with E-state index in [-0.39, 0.29) is 5.91 Å². The van der Waals surface area contributed by atoms with Gasteiger partial charge in [-0.2, -0.15) is 0 Å². The van der Waals surface area contributed by atoms with Gasteiger partial charge in [-0.1, -0.05) is 12.1 Å². The van der Waals surface area contributed by atoms with E-state index in [0.717, 1.165) is 14.8 Å². The molecule has 0 fully saturated rings. The quantitative estimate of drug-likeness (QED) is 0.578. The molecule has 25 heavy (non-hydrogen) atoms. The Balaban J connectivity index is 1.52. The SMILES string of the molecule is C[C@H](Oc1ccc(I)cc1)C(=O)NCc1ccc(-n2cccc2)cc1. The van der Waals surface area contributed by atoms with Crippen molar-refractivity contribution < 1.29 is 9.53 Å². The van der Waals surface area contributed by atoms with Crippen LogP contribution in [0, 0.1) is 3.57 Å². The van der Waals surface area contributed by atoms with Gasteiger partial charge >= 0.3 is 0 Å². The van der Waals surface area contributed by atoms with Crippen LogP contribution in [0.4, 0.5) is 0 Å². The topological polar surface area (TPSA) is 43.3 Å². The van der Waals surface area contributed by atoms with Gasteiger partial charge in [0.1, 0.15) is 5.75 Å². The largest absolute Gasteiger partial charge is 0.481 e. The van der Waals surface area contributed by atoms with E-state index in [9.17, 15) is 4.79 Å². The van der Waals surface area contributed by atoms with Crippen molar-refractivity contribution >= 4 is 28.5 Å². The normalized spacial score (nSPS) is 11.8. The number of benzene rings is 2. The summed E-state index contributed by atoms with van der Waals surface area (Å²) in [4.78, 5) is 12.2. The first-order valence-corrected chi connectivity index (χ1v) is 9.12. The minimum atomic E-state index is -0.542. The summed E-state index contributed by atoms with van der Waals surface area (Å²) in [6, 6.07) is 19.7. The summed E-state index contributed by atoms with van der Waals surface area (Å²) in [6.07, 6.45) is 3.46. The Kier molecular flexibility index (Phi) is 5.75. The highest BCUT2D eigenvalue weighted by molar-refractivity contribution is 14.1. The predicted molar refractivity (Wildman–Crippen MR) is 107 cm³/mol. The summed E-state index contributed by atoms with van der Waals surface area (Å²) >= 11 is 2.23. The van der Waals surface area contributed by atoms with Crippen LogP contribution in [0.15, 0.2) is 73.1 Å². The van der Waals surface area contributed by atoms with Gasteiger partial charge in [-0.3, -0.25) is 4.79 Å². The summed E-state index contributed by atoms with van der Waals surface area (Å²) < 4.78 is 8.84. The van der Waals surface area contributed by atoms with Gasteiger partial charge in [-0.05, 0) is 83.6 Å². The first-order valence-electron chi connectivity index (χ1n) is 8.04. The molecule has 0 spiro atoms. The second-order valence-corrected chi connectivity index (χ2v) is 6.93. The number of nitrogens with one attached hydrogen (secondary N) is 1. The fourth-order valence-electron chi connectivity index (χ4n) is 2.40. The molecule has 4 nitrogen and oxygen atoms in total. The van der Waals surface area contributed by atoms with Crippen molar-refractivity contribution in [3.63, 3.8) is 0 Å². The molecule has 1 atom stereocenters. The Hall–Kier alpha value is -2.28. The lowest BCUT2D eigenvalue weighted by atomic mass is 10.2. The van der Waals surface area contributed by atoms with Crippen molar-refractivity contribution in [1.29, 1.82) is 0 Å². The number of rotatable bonds is 6. The number of ether oxygens (including phenoxy) is 1. The third-order valence-corrected chi connectivity index (χ3v) is 4.52. The Labute approximate surface area is 161 Å². The van der Waals surface area contributed by atoms with Crippen LogP contribution in [0.25, 0.3) is 5.69 Å². The molecule has 128 valence electrons. The number of halogens is 1. The Bertz CT molecular complexity index is 812. The molecule has 3 aromatic rings. The molecule has 0 aliphatic heterocycles. The summed E-state index contributed by atoms with van der Waals surface area (Å²) in [5.41, 5.74) is 2.14. The van der Waals surface area contributed by atoms with Gasteiger partial charge < -0.3 is 14.6 Å². The first kappa shape index (κ1) is 17.5. The predicted octanol–water partition coefficient (Wildman–Crippen LogP) is 4.17.